The minimum absolute atomic E-state index is 0.00363. The van der Waals surface area contributed by atoms with Crippen LogP contribution in [0.2, 0.25) is 0 Å². The summed E-state index contributed by atoms with van der Waals surface area (Å²) in [5.41, 5.74) is 10.9. The number of phosphoric ester groups is 3. The number of anilines is 1. The van der Waals surface area contributed by atoms with E-state index in [1.807, 2.05) is 0 Å². The molecule has 0 aromatic carbocycles. The second kappa shape index (κ2) is 13.9. The molecule has 266 valence electrons. The summed E-state index contributed by atoms with van der Waals surface area (Å²) >= 11 is 0. The van der Waals surface area contributed by atoms with Crippen LogP contribution in [0.5, 0.6) is 0 Å². The van der Waals surface area contributed by atoms with Gasteiger partial charge >= 0.3 is 23.5 Å². The number of imidazole rings is 1. The normalized spacial score (nSPS) is 33.7. The predicted molar refractivity (Wildman–Crippen MR) is 153 cm³/mol. The van der Waals surface area contributed by atoms with Crippen molar-refractivity contribution in [3.05, 3.63) is 36.7 Å². The number of phosphoric acid groups is 3. The van der Waals surface area contributed by atoms with Crippen LogP contribution in [0, 0.1) is 0 Å². The number of amides is 1. The molecule has 2 aromatic rings. The fourth-order valence-corrected chi connectivity index (χ4v) is 7.47. The van der Waals surface area contributed by atoms with Crippen LogP contribution < -0.4 is 11.5 Å². The number of aliphatic hydroxyl groups is 3. The van der Waals surface area contributed by atoms with Gasteiger partial charge in [-0.1, -0.05) is 6.08 Å². The Morgan fingerprint density at radius 1 is 0.979 bits per heavy atom. The molecule has 3 unspecified atom stereocenters. The minimum atomic E-state index is -5.54. The molecule has 5 heterocycles. The third kappa shape index (κ3) is 8.17. The van der Waals surface area contributed by atoms with E-state index in [4.69, 9.17) is 26.8 Å². The molecule has 3 aliphatic rings. The number of hydrogen-bond donors (Lipinski definition) is 9. The van der Waals surface area contributed by atoms with Crippen LogP contribution in [0.1, 0.15) is 14.0 Å². The van der Waals surface area contributed by atoms with Gasteiger partial charge in [0.25, 0.3) is 0 Å². The molecule has 2 fully saturated rings. The highest BCUT2D eigenvalue weighted by atomic mass is 31.3. The van der Waals surface area contributed by atoms with E-state index in [0.29, 0.717) is 0 Å². The van der Waals surface area contributed by atoms with Crippen molar-refractivity contribution in [1.29, 1.82) is 0 Å². The van der Waals surface area contributed by atoms with Crippen LogP contribution in [-0.2, 0) is 45.8 Å². The quantitative estimate of drug-likeness (QED) is 0.0951. The lowest BCUT2D eigenvalue weighted by Crippen LogP contribution is -2.40. The van der Waals surface area contributed by atoms with Gasteiger partial charge in [-0.25, -0.2) is 28.6 Å². The maximum absolute atomic E-state index is 12.6. The molecule has 11 N–H and O–H groups in total. The van der Waals surface area contributed by atoms with Crippen LogP contribution in [0.25, 0.3) is 11.2 Å². The van der Waals surface area contributed by atoms with Gasteiger partial charge in [0.15, 0.2) is 23.9 Å². The first-order valence-corrected chi connectivity index (χ1v) is 17.9. The van der Waals surface area contributed by atoms with Crippen LogP contribution >= 0.6 is 23.5 Å². The Labute approximate surface area is 270 Å². The van der Waals surface area contributed by atoms with Crippen molar-refractivity contribution in [2.24, 2.45) is 5.73 Å². The maximum atomic E-state index is 12.6. The predicted octanol–water partition coefficient (Wildman–Crippen LogP) is -2.57. The summed E-state index contributed by atoms with van der Waals surface area (Å²) in [6.45, 7) is -2.08. The Kier molecular flexibility index (Phi) is 10.2. The molecular formula is C21H30N7O17P3. The standard InChI is InChI=1S/C21H30N7O17P3/c22-17-12-19(25-7-24-17)28(8-26-12)21-16(44-46(33,34)35)14(30)11(43-21)6-41-48(38,39)45-47(36,37)40-5-10-13(29)15(31)20(42-10)27-3-1-2-9(4-27)18(23)32/h1,3-4,7-8,10-11,13-16,20-21,29-31H,2,5-6H2,(H2,23,32)(H,36,37)(H,38,39)(H2,22,24,25)(H2,33,34,35)/t10-,11-,13-,14-,15-,16-,20-,21-/m1/s1/i2D/t2?,10-,11-,13-,14-,15-,16-,20-,21-. The number of carbonyl (C=O) groups excluding carboxylic acids is 1. The molecule has 24 nitrogen and oxygen atoms in total. The van der Waals surface area contributed by atoms with Gasteiger partial charge in [0.05, 0.1) is 19.5 Å². The summed E-state index contributed by atoms with van der Waals surface area (Å²) in [7, 11) is -16.3. The van der Waals surface area contributed by atoms with Crippen molar-refractivity contribution in [1.82, 2.24) is 24.4 Å². The van der Waals surface area contributed by atoms with Gasteiger partial charge in [-0.05, 0) is 6.40 Å². The molecule has 3 aliphatic heterocycles. The SMILES string of the molecule is [2H]C1C=CN([C@@H]2O[C@H](COP(=O)(O)OP(=O)(O)OC[C@H]3O[C@@H](n4cnc5c(N)ncnc54)[C@H](OP(=O)(O)O)[C@@H]3O)[C@@H](O)[C@H]2O)C=C1C(N)=O. The van der Waals surface area contributed by atoms with E-state index < -0.39 is 98.1 Å². The number of aliphatic hydroxyl groups excluding tert-OH is 3. The van der Waals surface area contributed by atoms with Gasteiger partial charge in [-0.2, -0.15) is 4.31 Å². The van der Waals surface area contributed by atoms with Crippen LogP contribution in [-0.4, -0.2) is 121 Å². The molecule has 0 spiro atoms. The topological polar surface area (TPSA) is 364 Å². The highest BCUT2D eigenvalue weighted by Gasteiger charge is 2.51. The molecule has 2 saturated heterocycles. The molecule has 0 radical (unpaired) electrons. The van der Waals surface area contributed by atoms with E-state index in [2.05, 4.69) is 28.3 Å². The third-order valence-corrected chi connectivity index (χ3v) is 10.1. The van der Waals surface area contributed by atoms with Crippen molar-refractivity contribution in [2.75, 3.05) is 18.9 Å². The smallest absolute Gasteiger partial charge is 0.387 e. The summed E-state index contributed by atoms with van der Waals surface area (Å²) < 4.78 is 75.0. The molecule has 11 atom stereocenters. The van der Waals surface area contributed by atoms with E-state index in [-0.39, 0.29) is 22.6 Å². The van der Waals surface area contributed by atoms with Gasteiger partial charge in [0.1, 0.15) is 48.5 Å². The fourth-order valence-electron chi connectivity index (χ4n) is 4.83. The van der Waals surface area contributed by atoms with Crippen molar-refractivity contribution < 1.29 is 82.1 Å². The number of nitrogens with two attached hydrogens (primary N) is 2. The molecule has 27 heteroatoms. The molecule has 1 amide bonds. The summed E-state index contributed by atoms with van der Waals surface area (Å²) in [6, 6.07) is 0. The van der Waals surface area contributed by atoms with Gasteiger partial charge in [-0.15, -0.1) is 0 Å². The Balaban J connectivity index is 1.20. The first-order chi connectivity index (χ1) is 22.8. The Morgan fingerprint density at radius 3 is 2.23 bits per heavy atom. The molecular weight excluding hydrogens is 715 g/mol. The van der Waals surface area contributed by atoms with Crippen molar-refractivity contribution >= 4 is 46.4 Å². The summed E-state index contributed by atoms with van der Waals surface area (Å²) in [5, 5.41) is 31.6. The second-order valence-corrected chi connectivity index (χ2v) is 14.5. The number of carbonyl (C=O) groups is 1. The lowest BCUT2D eigenvalue weighted by atomic mass is 10.1. The average molecular weight is 746 g/mol. The van der Waals surface area contributed by atoms with Crippen molar-refractivity contribution in [3.8, 4) is 0 Å². The van der Waals surface area contributed by atoms with E-state index >= 15 is 0 Å². The molecule has 5 rings (SSSR count). The summed E-state index contributed by atoms with van der Waals surface area (Å²) in [6.07, 6.45) is -8.74. The summed E-state index contributed by atoms with van der Waals surface area (Å²) in [5.74, 6) is -0.987. The maximum Gasteiger partial charge on any atom is 0.481 e. The van der Waals surface area contributed by atoms with Crippen molar-refractivity contribution in [3.63, 3.8) is 0 Å². The van der Waals surface area contributed by atoms with E-state index in [1.54, 1.807) is 0 Å². The number of allylic oxidation sites excluding steroid dienone is 1. The second-order valence-electron chi connectivity index (χ2n) is 10.3. The number of aromatic nitrogens is 4. The molecule has 0 aliphatic carbocycles. The number of ether oxygens (including phenoxy) is 2. The first kappa shape index (κ1) is 35.1. The van der Waals surface area contributed by atoms with Gasteiger partial charge in [-0.3, -0.25) is 22.9 Å². The molecule has 2 aromatic heterocycles. The molecule has 48 heavy (non-hydrogen) atoms. The lowest BCUT2D eigenvalue weighted by molar-refractivity contribution is -0.115. The highest BCUT2D eigenvalue weighted by molar-refractivity contribution is 7.61. The van der Waals surface area contributed by atoms with Crippen molar-refractivity contribution in [2.45, 2.75) is 55.5 Å². The average Bonchev–Trinajstić information content (AvgIpc) is 3.64. The number of hydrogen-bond acceptors (Lipinski definition) is 18. The number of fused-ring (bicyclic) bond motifs is 1. The van der Waals surface area contributed by atoms with E-state index in [9.17, 15) is 53.4 Å². The van der Waals surface area contributed by atoms with Gasteiger partial charge in [0.2, 0.25) is 5.91 Å². The monoisotopic (exact) mass is 746 g/mol. The van der Waals surface area contributed by atoms with Crippen LogP contribution in [0.4, 0.5) is 5.82 Å². The zero-order chi connectivity index (χ0) is 36.1. The number of nitrogen functional groups attached to an aromatic ring is 1. The Hall–Kier alpha value is -2.73. The Morgan fingerprint density at radius 2 is 1.60 bits per heavy atom. The molecule has 0 saturated carbocycles. The molecule has 0 bridgehead atoms. The van der Waals surface area contributed by atoms with Crippen LogP contribution in [0.15, 0.2) is 36.7 Å². The summed E-state index contributed by atoms with van der Waals surface area (Å²) in [4.78, 5) is 63.4. The largest absolute Gasteiger partial charge is 0.481 e. The third-order valence-electron chi connectivity index (χ3n) is 6.98. The van der Waals surface area contributed by atoms with E-state index in [1.165, 1.54) is 12.3 Å². The van der Waals surface area contributed by atoms with E-state index in [0.717, 1.165) is 28.3 Å². The number of primary amides is 1. The highest BCUT2D eigenvalue weighted by Crippen LogP contribution is 2.61. The zero-order valence-electron chi connectivity index (χ0n) is 24.9. The lowest BCUT2D eigenvalue weighted by Gasteiger charge is -2.28. The first-order valence-electron chi connectivity index (χ1n) is 13.9. The van der Waals surface area contributed by atoms with Gasteiger partial charge in [0, 0.05) is 19.3 Å². The van der Waals surface area contributed by atoms with Gasteiger partial charge < -0.3 is 60.7 Å². The zero-order valence-corrected chi connectivity index (χ0v) is 26.6. The number of rotatable bonds is 13. The van der Waals surface area contributed by atoms with Crippen LogP contribution in [0.3, 0.4) is 0 Å². The Bertz CT molecular complexity index is 1780. The minimum Gasteiger partial charge on any atom is -0.387 e. The number of nitrogens with zero attached hydrogens (tertiary/aromatic N) is 5. The fraction of sp³-hybridized carbons (Fsp3) is 0.524.